The Balaban J connectivity index is 1.73. The van der Waals surface area contributed by atoms with Gasteiger partial charge in [0, 0.05) is 41.8 Å². The molecule has 1 N–H and O–H groups in total. The van der Waals surface area contributed by atoms with E-state index in [0.717, 1.165) is 6.07 Å². The van der Waals surface area contributed by atoms with Gasteiger partial charge in [-0.1, -0.05) is 6.92 Å². The predicted octanol–water partition coefficient (Wildman–Crippen LogP) is 3.52. The Morgan fingerprint density at radius 1 is 1.21 bits per heavy atom. The molecule has 0 amide bonds. The fourth-order valence-corrected chi connectivity index (χ4v) is 6.24. The van der Waals surface area contributed by atoms with Gasteiger partial charge in [-0.15, -0.1) is 0 Å². The van der Waals surface area contributed by atoms with Gasteiger partial charge in [-0.25, -0.2) is 27.2 Å². The lowest BCUT2D eigenvalue weighted by molar-refractivity contribution is 0.0886. The molecule has 1 saturated heterocycles. The van der Waals surface area contributed by atoms with Crippen LogP contribution in [0.1, 0.15) is 19.8 Å². The molecule has 0 radical (unpaired) electrons. The van der Waals surface area contributed by atoms with Crippen molar-refractivity contribution in [3.63, 3.8) is 0 Å². The third-order valence-electron chi connectivity index (χ3n) is 6.18. The van der Waals surface area contributed by atoms with Crippen molar-refractivity contribution < 1.29 is 17.2 Å². The predicted molar refractivity (Wildman–Crippen MR) is 119 cm³/mol. The number of hydrogen-bond donors (Lipinski definition) is 1. The first-order chi connectivity index (χ1) is 15.8. The Bertz CT molecular complexity index is 1530. The third-order valence-corrected chi connectivity index (χ3v) is 8.15. The summed E-state index contributed by atoms with van der Waals surface area (Å²) in [7, 11) is -3.49. The van der Waals surface area contributed by atoms with E-state index in [0.29, 0.717) is 34.1 Å². The summed E-state index contributed by atoms with van der Waals surface area (Å²) < 4.78 is 57.4. The Morgan fingerprint density at radius 2 is 2.00 bits per heavy atom. The summed E-state index contributed by atoms with van der Waals surface area (Å²) in [5, 5.41) is 10.7. The summed E-state index contributed by atoms with van der Waals surface area (Å²) in [5.74, 6) is -2.09. The first kappa shape index (κ1) is 21.5. The standard InChI is InChI=1S/C22H20F2N6O2S/c1-2-9-33(31,32)29-11-22(12-29,6-7-25)30-10-16(14-3-4-17(23)18(24)20(14)30)19-15-5-8-26-21(15)28-13-27-19/h3-5,8,10,13H,2,6,9,11-12H2,1H3,(H,26,27,28). The van der Waals surface area contributed by atoms with Gasteiger partial charge >= 0.3 is 0 Å². The molecule has 0 aliphatic carbocycles. The van der Waals surface area contributed by atoms with Crippen LogP contribution < -0.4 is 0 Å². The maximum Gasteiger partial charge on any atom is 0.214 e. The quantitative estimate of drug-likeness (QED) is 0.464. The van der Waals surface area contributed by atoms with Crippen LogP contribution in [0.2, 0.25) is 0 Å². The van der Waals surface area contributed by atoms with Crippen LogP contribution in [0.5, 0.6) is 0 Å². The number of H-pyrrole nitrogens is 1. The molecule has 1 fully saturated rings. The van der Waals surface area contributed by atoms with Crippen LogP contribution in [-0.4, -0.2) is 51.1 Å². The summed E-state index contributed by atoms with van der Waals surface area (Å²) >= 11 is 0. The lowest BCUT2D eigenvalue weighted by Gasteiger charge is -2.49. The van der Waals surface area contributed by atoms with Gasteiger partial charge in [0.1, 0.15) is 12.0 Å². The number of nitrogens with one attached hydrogen (secondary N) is 1. The molecule has 33 heavy (non-hydrogen) atoms. The van der Waals surface area contributed by atoms with Crippen LogP contribution >= 0.6 is 0 Å². The van der Waals surface area contributed by atoms with Gasteiger partial charge in [0.15, 0.2) is 11.6 Å². The third kappa shape index (κ3) is 3.20. The van der Waals surface area contributed by atoms with Crippen molar-refractivity contribution in [2.24, 2.45) is 0 Å². The van der Waals surface area contributed by atoms with Crippen LogP contribution in [-0.2, 0) is 15.6 Å². The average Bonchev–Trinajstić information content (AvgIpc) is 3.38. The van der Waals surface area contributed by atoms with E-state index in [-0.39, 0.29) is 30.8 Å². The van der Waals surface area contributed by atoms with Crippen molar-refractivity contribution >= 4 is 32.0 Å². The van der Waals surface area contributed by atoms with Gasteiger partial charge in [-0.3, -0.25) is 0 Å². The fourth-order valence-electron chi connectivity index (χ4n) is 4.60. The molecule has 4 aromatic rings. The van der Waals surface area contributed by atoms with E-state index in [1.54, 1.807) is 25.4 Å². The molecule has 0 atom stereocenters. The SMILES string of the molecule is CCCS(=O)(=O)N1CC(CC#N)(n2cc(-c3ncnc4[nH]ccc34)c3ccc(F)c(F)c32)C1. The second kappa shape index (κ2) is 7.60. The first-order valence-corrected chi connectivity index (χ1v) is 12.0. The zero-order chi connectivity index (χ0) is 23.4. The van der Waals surface area contributed by atoms with Gasteiger partial charge in [0.25, 0.3) is 0 Å². The van der Waals surface area contributed by atoms with Crippen LogP contribution in [0.15, 0.2) is 36.9 Å². The highest BCUT2D eigenvalue weighted by Gasteiger charge is 2.50. The molecule has 0 saturated carbocycles. The minimum Gasteiger partial charge on any atom is -0.346 e. The average molecular weight is 471 g/mol. The second-order valence-electron chi connectivity index (χ2n) is 8.28. The summed E-state index contributed by atoms with van der Waals surface area (Å²) in [6.45, 7) is 1.78. The maximum absolute atomic E-state index is 15.2. The van der Waals surface area contributed by atoms with E-state index >= 15 is 4.39 Å². The van der Waals surface area contributed by atoms with E-state index in [9.17, 15) is 18.1 Å². The van der Waals surface area contributed by atoms with Crippen molar-refractivity contribution in [2.45, 2.75) is 25.3 Å². The number of aromatic amines is 1. The Morgan fingerprint density at radius 3 is 2.73 bits per heavy atom. The highest BCUT2D eigenvalue weighted by atomic mass is 32.2. The molecule has 4 heterocycles. The topological polar surface area (TPSA) is 108 Å². The first-order valence-electron chi connectivity index (χ1n) is 10.4. The molecule has 0 spiro atoms. The highest BCUT2D eigenvalue weighted by molar-refractivity contribution is 7.89. The number of aromatic nitrogens is 4. The van der Waals surface area contributed by atoms with Crippen LogP contribution in [0, 0.1) is 23.0 Å². The Kier molecular flexibility index (Phi) is 4.95. The lowest BCUT2D eigenvalue weighted by Crippen LogP contribution is -2.64. The van der Waals surface area contributed by atoms with Gasteiger partial charge < -0.3 is 9.55 Å². The molecular weight excluding hydrogens is 450 g/mol. The molecule has 8 nitrogen and oxygen atoms in total. The van der Waals surface area contributed by atoms with Crippen LogP contribution in [0.3, 0.4) is 0 Å². The lowest BCUT2D eigenvalue weighted by atomic mass is 9.88. The molecular formula is C22H20F2N6O2S. The molecule has 0 bridgehead atoms. The molecule has 1 aromatic carbocycles. The highest BCUT2D eigenvalue weighted by Crippen LogP contribution is 2.42. The molecule has 170 valence electrons. The van der Waals surface area contributed by atoms with Crippen LogP contribution in [0.4, 0.5) is 8.78 Å². The van der Waals surface area contributed by atoms with E-state index in [4.69, 9.17) is 0 Å². The zero-order valence-corrected chi connectivity index (χ0v) is 18.5. The number of nitrogens with zero attached hydrogens (tertiary/aromatic N) is 5. The Labute approximate surface area is 188 Å². The van der Waals surface area contributed by atoms with Crippen LogP contribution in [0.25, 0.3) is 33.2 Å². The van der Waals surface area contributed by atoms with Gasteiger partial charge in [-0.2, -0.15) is 9.57 Å². The molecule has 1 aliphatic rings. The van der Waals surface area contributed by atoms with Crippen molar-refractivity contribution in [3.8, 4) is 17.3 Å². The number of sulfonamides is 1. The number of nitriles is 1. The largest absolute Gasteiger partial charge is 0.346 e. The summed E-state index contributed by atoms with van der Waals surface area (Å²) in [5.41, 5.74) is 0.622. The van der Waals surface area contributed by atoms with Crippen molar-refractivity contribution in [1.82, 2.24) is 23.8 Å². The van der Waals surface area contributed by atoms with Crippen molar-refractivity contribution in [1.29, 1.82) is 5.26 Å². The van der Waals surface area contributed by atoms with E-state index in [1.165, 1.54) is 21.3 Å². The smallest absolute Gasteiger partial charge is 0.214 e. The van der Waals surface area contributed by atoms with Gasteiger partial charge in [0.05, 0.1) is 35.0 Å². The maximum atomic E-state index is 15.2. The van der Waals surface area contributed by atoms with Gasteiger partial charge in [0.2, 0.25) is 10.0 Å². The minimum atomic E-state index is -3.49. The van der Waals surface area contributed by atoms with Gasteiger partial charge in [-0.05, 0) is 24.6 Å². The summed E-state index contributed by atoms with van der Waals surface area (Å²) in [4.78, 5) is 11.6. The number of rotatable bonds is 6. The van der Waals surface area contributed by atoms with E-state index < -0.39 is 27.2 Å². The number of fused-ring (bicyclic) bond motifs is 2. The molecule has 5 rings (SSSR count). The number of halogens is 2. The minimum absolute atomic E-state index is 0.00536. The molecule has 0 unspecified atom stereocenters. The molecule has 3 aromatic heterocycles. The number of benzene rings is 1. The monoisotopic (exact) mass is 470 g/mol. The summed E-state index contributed by atoms with van der Waals surface area (Å²) in [6.07, 6.45) is 5.13. The fraction of sp³-hybridized carbons (Fsp3) is 0.318. The number of hydrogen-bond acceptors (Lipinski definition) is 5. The normalized spacial score (nSPS) is 16.2. The zero-order valence-electron chi connectivity index (χ0n) is 17.7. The van der Waals surface area contributed by atoms with E-state index in [2.05, 4.69) is 21.0 Å². The molecule has 11 heteroatoms. The molecule has 1 aliphatic heterocycles. The van der Waals surface area contributed by atoms with Crippen molar-refractivity contribution in [3.05, 3.63) is 48.6 Å². The summed E-state index contributed by atoms with van der Waals surface area (Å²) in [6, 6.07) is 6.42. The Hall–Kier alpha value is -3.36. The van der Waals surface area contributed by atoms with Crippen molar-refractivity contribution in [2.75, 3.05) is 18.8 Å². The second-order valence-corrected chi connectivity index (χ2v) is 10.4. The van der Waals surface area contributed by atoms with E-state index in [1.807, 2.05) is 0 Å².